The van der Waals surface area contributed by atoms with Gasteiger partial charge in [0.05, 0.1) is 11.4 Å². The maximum absolute atomic E-state index is 12.2. The average Bonchev–Trinajstić information content (AvgIpc) is 3.08. The summed E-state index contributed by atoms with van der Waals surface area (Å²) in [5.41, 5.74) is -0.479. The van der Waals surface area contributed by atoms with Gasteiger partial charge in [0.1, 0.15) is 5.60 Å². The minimum absolute atomic E-state index is 0.0943. The van der Waals surface area contributed by atoms with Gasteiger partial charge in [-0.15, -0.1) is 11.3 Å². The topological polar surface area (TPSA) is 58.6 Å². The Bertz CT molecular complexity index is 508. The van der Waals surface area contributed by atoms with E-state index in [0.29, 0.717) is 13.1 Å². The molecule has 1 saturated heterocycles. The zero-order valence-corrected chi connectivity index (χ0v) is 14.2. The van der Waals surface area contributed by atoms with E-state index in [1.807, 2.05) is 38.3 Å². The molecule has 22 heavy (non-hydrogen) atoms. The van der Waals surface area contributed by atoms with Gasteiger partial charge in [0.2, 0.25) is 0 Å². The first-order chi connectivity index (χ1) is 10.4. The number of ketones is 1. The number of rotatable bonds is 5. The van der Waals surface area contributed by atoms with Gasteiger partial charge >= 0.3 is 6.09 Å². The molecule has 0 bridgehead atoms. The van der Waals surface area contributed by atoms with Gasteiger partial charge in [-0.25, -0.2) is 4.79 Å². The molecule has 0 spiro atoms. The van der Waals surface area contributed by atoms with Crippen LogP contribution in [0.5, 0.6) is 0 Å². The van der Waals surface area contributed by atoms with Crippen molar-refractivity contribution < 1.29 is 14.3 Å². The standard InChI is InChI=1S/C16H24N2O3S/c1-16(2,3)21-15(20)18-8-4-6-12(18)10-17-11-13(19)14-7-5-9-22-14/h5,7,9,12,17H,4,6,8,10-11H2,1-3H3/t12-/m1/s1. The third-order valence-electron chi connectivity index (χ3n) is 3.47. The van der Waals surface area contributed by atoms with Crippen molar-refractivity contribution in [2.24, 2.45) is 0 Å². The summed E-state index contributed by atoms with van der Waals surface area (Å²) in [6.07, 6.45) is 1.66. The molecule has 0 radical (unpaired) electrons. The Morgan fingerprint density at radius 1 is 1.45 bits per heavy atom. The van der Waals surface area contributed by atoms with E-state index in [2.05, 4.69) is 5.32 Å². The van der Waals surface area contributed by atoms with E-state index in [1.54, 1.807) is 4.90 Å². The molecule has 5 nitrogen and oxygen atoms in total. The van der Waals surface area contributed by atoms with Crippen LogP contribution in [0.4, 0.5) is 4.79 Å². The molecule has 1 aromatic rings. The highest BCUT2D eigenvalue weighted by molar-refractivity contribution is 7.12. The van der Waals surface area contributed by atoms with Crippen molar-refractivity contribution in [1.29, 1.82) is 0 Å². The highest BCUT2D eigenvalue weighted by Crippen LogP contribution is 2.20. The van der Waals surface area contributed by atoms with Gasteiger partial charge in [0, 0.05) is 19.1 Å². The van der Waals surface area contributed by atoms with Gasteiger partial charge < -0.3 is 15.0 Å². The second-order valence-corrected chi connectivity index (χ2v) is 7.45. The van der Waals surface area contributed by atoms with E-state index in [9.17, 15) is 9.59 Å². The van der Waals surface area contributed by atoms with Crippen LogP contribution in [0.15, 0.2) is 17.5 Å². The molecule has 1 aliphatic heterocycles. The lowest BCUT2D eigenvalue weighted by Gasteiger charge is -2.28. The lowest BCUT2D eigenvalue weighted by Crippen LogP contribution is -2.44. The number of carbonyl (C=O) groups excluding carboxylic acids is 2. The number of carbonyl (C=O) groups is 2. The van der Waals surface area contributed by atoms with Crippen LogP contribution in [0.2, 0.25) is 0 Å². The van der Waals surface area contributed by atoms with E-state index < -0.39 is 5.60 Å². The van der Waals surface area contributed by atoms with Crippen molar-refractivity contribution >= 4 is 23.2 Å². The van der Waals surface area contributed by atoms with Crippen LogP contribution < -0.4 is 5.32 Å². The van der Waals surface area contributed by atoms with Crippen LogP contribution >= 0.6 is 11.3 Å². The van der Waals surface area contributed by atoms with Crippen molar-refractivity contribution in [3.8, 4) is 0 Å². The van der Waals surface area contributed by atoms with Gasteiger partial charge in [-0.2, -0.15) is 0 Å². The van der Waals surface area contributed by atoms with Gasteiger partial charge in [-0.3, -0.25) is 4.79 Å². The van der Waals surface area contributed by atoms with Crippen molar-refractivity contribution in [1.82, 2.24) is 10.2 Å². The van der Waals surface area contributed by atoms with Crippen molar-refractivity contribution in [3.63, 3.8) is 0 Å². The van der Waals surface area contributed by atoms with Gasteiger partial charge in [-0.1, -0.05) is 6.07 Å². The highest BCUT2D eigenvalue weighted by Gasteiger charge is 2.31. The molecule has 2 heterocycles. The molecular weight excluding hydrogens is 300 g/mol. The van der Waals surface area contributed by atoms with Crippen LogP contribution in [-0.4, -0.2) is 48.1 Å². The molecule has 0 saturated carbocycles. The Hall–Kier alpha value is -1.40. The second kappa shape index (κ2) is 7.24. The fourth-order valence-electron chi connectivity index (χ4n) is 2.49. The van der Waals surface area contributed by atoms with E-state index in [0.717, 1.165) is 24.3 Å². The molecule has 122 valence electrons. The summed E-state index contributed by atoms with van der Waals surface area (Å²) in [5, 5.41) is 5.07. The number of hydrogen-bond acceptors (Lipinski definition) is 5. The minimum atomic E-state index is -0.479. The summed E-state index contributed by atoms with van der Waals surface area (Å²) in [5.74, 6) is 0.0943. The van der Waals surface area contributed by atoms with E-state index in [-0.39, 0.29) is 17.9 Å². The molecule has 6 heteroatoms. The third kappa shape index (κ3) is 4.81. The fraction of sp³-hybridized carbons (Fsp3) is 0.625. The van der Waals surface area contributed by atoms with Crippen molar-refractivity contribution in [2.75, 3.05) is 19.6 Å². The fourth-order valence-corrected chi connectivity index (χ4v) is 3.15. The summed E-state index contributed by atoms with van der Waals surface area (Å²) in [6, 6.07) is 3.81. The number of Topliss-reactive ketones (excluding diaryl/α,β-unsaturated/α-hetero) is 1. The first kappa shape index (κ1) is 17.0. The SMILES string of the molecule is CC(C)(C)OC(=O)N1CCC[C@@H]1CNCC(=O)c1cccs1. The number of likely N-dealkylation sites (tertiary alicyclic amines) is 1. The van der Waals surface area contributed by atoms with Crippen molar-refractivity contribution in [3.05, 3.63) is 22.4 Å². The third-order valence-corrected chi connectivity index (χ3v) is 4.38. The van der Waals surface area contributed by atoms with Crippen LogP contribution in [0.1, 0.15) is 43.3 Å². The molecule has 0 unspecified atom stereocenters. The maximum atomic E-state index is 12.2. The summed E-state index contributed by atoms with van der Waals surface area (Å²) >= 11 is 1.45. The Balaban J connectivity index is 1.79. The predicted octanol–water partition coefficient (Wildman–Crippen LogP) is 2.92. The zero-order chi connectivity index (χ0) is 16.2. The Morgan fingerprint density at radius 3 is 2.86 bits per heavy atom. The number of thiophene rings is 1. The molecule has 0 aliphatic carbocycles. The van der Waals surface area contributed by atoms with E-state index >= 15 is 0 Å². The van der Waals surface area contributed by atoms with Gasteiger partial charge in [0.25, 0.3) is 0 Å². The number of nitrogens with zero attached hydrogens (tertiary/aromatic N) is 1. The largest absolute Gasteiger partial charge is 0.444 e. The second-order valence-electron chi connectivity index (χ2n) is 6.50. The summed E-state index contributed by atoms with van der Waals surface area (Å²) in [4.78, 5) is 26.6. The molecule has 1 fully saturated rings. The Morgan fingerprint density at radius 2 is 2.23 bits per heavy atom. The molecule has 1 amide bonds. The van der Waals surface area contributed by atoms with E-state index in [1.165, 1.54) is 11.3 Å². The predicted molar refractivity (Wildman–Crippen MR) is 87.5 cm³/mol. The molecular formula is C16H24N2O3S. The average molecular weight is 324 g/mol. The monoisotopic (exact) mass is 324 g/mol. The molecule has 0 aromatic carbocycles. The highest BCUT2D eigenvalue weighted by atomic mass is 32.1. The Labute approximate surface area is 135 Å². The normalized spacial score (nSPS) is 18.5. The first-order valence-corrected chi connectivity index (χ1v) is 8.52. The number of hydrogen-bond donors (Lipinski definition) is 1. The van der Waals surface area contributed by atoms with Crippen LogP contribution in [0.3, 0.4) is 0 Å². The number of ether oxygens (including phenoxy) is 1. The zero-order valence-electron chi connectivity index (χ0n) is 13.4. The lowest BCUT2D eigenvalue weighted by atomic mass is 10.2. The van der Waals surface area contributed by atoms with E-state index in [4.69, 9.17) is 4.74 Å². The Kier molecular flexibility index (Phi) is 5.58. The summed E-state index contributed by atoms with van der Waals surface area (Å²) in [6.45, 7) is 7.26. The van der Waals surface area contributed by atoms with Gasteiger partial charge in [0.15, 0.2) is 5.78 Å². The lowest BCUT2D eigenvalue weighted by molar-refractivity contribution is 0.0227. The summed E-state index contributed by atoms with van der Waals surface area (Å²) in [7, 11) is 0. The number of amides is 1. The molecule has 1 aliphatic rings. The quantitative estimate of drug-likeness (QED) is 0.846. The first-order valence-electron chi connectivity index (χ1n) is 7.64. The molecule has 1 atom stereocenters. The summed E-state index contributed by atoms with van der Waals surface area (Å²) < 4.78 is 5.43. The van der Waals surface area contributed by atoms with Crippen LogP contribution in [0.25, 0.3) is 0 Å². The van der Waals surface area contributed by atoms with Crippen molar-refractivity contribution in [2.45, 2.75) is 45.3 Å². The minimum Gasteiger partial charge on any atom is -0.444 e. The maximum Gasteiger partial charge on any atom is 0.410 e. The molecule has 1 N–H and O–H groups in total. The van der Waals surface area contributed by atoms with Crippen LogP contribution in [0, 0.1) is 0 Å². The molecule has 1 aromatic heterocycles. The number of nitrogens with one attached hydrogen (secondary N) is 1. The van der Waals surface area contributed by atoms with Gasteiger partial charge in [-0.05, 0) is 45.1 Å². The molecule has 2 rings (SSSR count). The smallest absolute Gasteiger partial charge is 0.410 e. The van der Waals surface area contributed by atoms with Crippen LogP contribution in [-0.2, 0) is 4.74 Å².